The van der Waals surface area contributed by atoms with Crippen molar-refractivity contribution >= 4 is 22.4 Å². The molecule has 1 aromatic heterocycles. The molecule has 142 valence electrons. The fourth-order valence-electron chi connectivity index (χ4n) is 4.13. The second kappa shape index (κ2) is 7.87. The molecule has 1 saturated heterocycles. The number of aromatic amines is 1. The third kappa shape index (κ3) is 3.51. The Morgan fingerprint density at radius 3 is 2.71 bits per heavy atom. The summed E-state index contributed by atoms with van der Waals surface area (Å²) in [4.78, 5) is 20.9. The van der Waals surface area contributed by atoms with Gasteiger partial charge in [0, 0.05) is 48.3 Å². The first-order valence-corrected chi connectivity index (χ1v) is 9.74. The summed E-state index contributed by atoms with van der Waals surface area (Å²) in [6.45, 7) is 5.81. The molecular weight excluding hydrogens is 348 g/mol. The van der Waals surface area contributed by atoms with Crippen LogP contribution in [0.15, 0.2) is 48.5 Å². The Morgan fingerprint density at radius 2 is 1.86 bits per heavy atom. The van der Waals surface area contributed by atoms with Crippen LogP contribution in [0.5, 0.6) is 0 Å². The van der Waals surface area contributed by atoms with Crippen molar-refractivity contribution in [3.05, 3.63) is 65.4 Å². The smallest absolute Gasteiger partial charge is 0.179 e. The Morgan fingerprint density at radius 1 is 1.07 bits per heavy atom. The van der Waals surface area contributed by atoms with Crippen molar-refractivity contribution in [1.82, 2.24) is 9.88 Å². The fraction of sp³-hybridized carbons (Fsp3) is 0.304. The number of para-hydroxylation sites is 2. The van der Waals surface area contributed by atoms with Crippen molar-refractivity contribution < 1.29 is 4.79 Å². The predicted octanol–water partition coefficient (Wildman–Crippen LogP) is 3.74. The van der Waals surface area contributed by atoms with Crippen molar-refractivity contribution in [3.8, 4) is 6.07 Å². The predicted molar refractivity (Wildman–Crippen MR) is 112 cm³/mol. The van der Waals surface area contributed by atoms with E-state index in [-0.39, 0.29) is 5.78 Å². The number of hydrogen-bond acceptors (Lipinski definition) is 4. The zero-order valence-corrected chi connectivity index (χ0v) is 16.1. The maximum atomic E-state index is 13.1. The summed E-state index contributed by atoms with van der Waals surface area (Å²) in [6, 6.07) is 18.0. The molecule has 0 aliphatic carbocycles. The first-order valence-electron chi connectivity index (χ1n) is 9.74. The van der Waals surface area contributed by atoms with E-state index in [2.05, 4.69) is 20.9 Å². The molecule has 3 aromatic rings. The molecule has 0 saturated carbocycles. The molecule has 2 aromatic carbocycles. The molecule has 0 atom stereocenters. The zero-order valence-electron chi connectivity index (χ0n) is 16.1. The van der Waals surface area contributed by atoms with Crippen LogP contribution in [0.2, 0.25) is 0 Å². The minimum atomic E-state index is 0.167. The van der Waals surface area contributed by atoms with E-state index < -0.39 is 0 Å². The van der Waals surface area contributed by atoms with Gasteiger partial charge in [-0.3, -0.25) is 9.69 Å². The maximum absolute atomic E-state index is 13.1. The number of fused-ring (bicyclic) bond motifs is 1. The number of aromatic nitrogens is 1. The van der Waals surface area contributed by atoms with Crippen LogP contribution in [0.4, 0.5) is 5.69 Å². The summed E-state index contributed by atoms with van der Waals surface area (Å²) < 4.78 is 0. The van der Waals surface area contributed by atoms with Crippen LogP contribution in [-0.2, 0) is 0 Å². The number of nitrogens with zero attached hydrogens (tertiary/aromatic N) is 3. The monoisotopic (exact) mass is 372 g/mol. The molecule has 2 heterocycles. The molecule has 0 radical (unpaired) electrons. The molecule has 28 heavy (non-hydrogen) atoms. The van der Waals surface area contributed by atoms with E-state index in [4.69, 9.17) is 0 Å². The number of aryl methyl sites for hydroxylation is 1. The lowest BCUT2D eigenvalue weighted by Crippen LogP contribution is -2.34. The summed E-state index contributed by atoms with van der Waals surface area (Å²) in [6.07, 6.45) is 0.972. The zero-order chi connectivity index (χ0) is 19.5. The SMILES string of the molecule is Cc1[nH]c2ccccc2c1C(=O)CN1CCCN(c2ccccc2C#N)CC1. The van der Waals surface area contributed by atoms with Gasteiger partial charge >= 0.3 is 0 Å². The van der Waals surface area contributed by atoms with Gasteiger partial charge in [0.25, 0.3) is 0 Å². The molecule has 1 N–H and O–H groups in total. The van der Waals surface area contributed by atoms with Gasteiger partial charge in [-0.2, -0.15) is 5.26 Å². The second-order valence-electron chi connectivity index (χ2n) is 7.34. The number of benzene rings is 2. The average Bonchev–Trinajstić information content (AvgIpc) is 2.88. The van der Waals surface area contributed by atoms with E-state index in [0.29, 0.717) is 12.1 Å². The van der Waals surface area contributed by atoms with E-state index in [1.807, 2.05) is 55.5 Å². The van der Waals surface area contributed by atoms with E-state index in [1.54, 1.807) is 0 Å². The lowest BCUT2D eigenvalue weighted by atomic mass is 10.1. The van der Waals surface area contributed by atoms with Gasteiger partial charge in [0.1, 0.15) is 6.07 Å². The van der Waals surface area contributed by atoms with E-state index >= 15 is 0 Å². The minimum absolute atomic E-state index is 0.167. The van der Waals surface area contributed by atoms with Gasteiger partial charge < -0.3 is 9.88 Å². The summed E-state index contributed by atoms with van der Waals surface area (Å²) in [5, 5.41) is 10.4. The van der Waals surface area contributed by atoms with Crippen molar-refractivity contribution in [1.29, 1.82) is 5.26 Å². The molecule has 0 spiro atoms. The van der Waals surface area contributed by atoms with Crippen LogP contribution >= 0.6 is 0 Å². The lowest BCUT2D eigenvalue weighted by molar-refractivity contribution is 0.0936. The average molecular weight is 372 g/mol. The van der Waals surface area contributed by atoms with Crippen LogP contribution in [0.3, 0.4) is 0 Å². The van der Waals surface area contributed by atoms with E-state index in [1.165, 1.54) is 0 Å². The molecular formula is C23H24N4O. The Bertz CT molecular complexity index is 1050. The van der Waals surface area contributed by atoms with Crippen LogP contribution in [0.1, 0.15) is 28.0 Å². The third-order valence-corrected chi connectivity index (χ3v) is 5.49. The fourth-order valence-corrected chi connectivity index (χ4v) is 4.13. The Balaban J connectivity index is 1.47. The maximum Gasteiger partial charge on any atom is 0.179 e. The highest BCUT2D eigenvalue weighted by Gasteiger charge is 2.22. The highest BCUT2D eigenvalue weighted by molar-refractivity contribution is 6.10. The number of ketones is 1. The number of hydrogen-bond donors (Lipinski definition) is 1. The molecule has 1 aliphatic heterocycles. The highest BCUT2D eigenvalue weighted by Crippen LogP contribution is 2.24. The molecule has 4 rings (SSSR count). The molecule has 1 aliphatic rings. The molecule has 0 bridgehead atoms. The standard InChI is InChI=1S/C23H24N4O/c1-17-23(19-8-3-4-9-20(19)25-17)22(28)16-26-11-6-12-27(14-13-26)21-10-5-2-7-18(21)15-24/h2-5,7-10,25H,6,11-14,16H2,1H3. The topological polar surface area (TPSA) is 63.1 Å². The van der Waals surface area contributed by atoms with Crippen molar-refractivity contribution in [2.45, 2.75) is 13.3 Å². The summed E-state index contributed by atoms with van der Waals surface area (Å²) in [7, 11) is 0. The third-order valence-electron chi connectivity index (χ3n) is 5.49. The number of anilines is 1. The van der Waals surface area contributed by atoms with Crippen LogP contribution in [0.25, 0.3) is 10.9 Å². The Hall–Kier alpha value is -3.10. The lowest BCUT2D eigenvalue weighted by Gasteiger charge is -2.24. The van der Waals surface area contributed by atoms with Crippen LogP contribution in [0, 0.1) is 18.3 Å². The van der Waals surface area contributed by atoms with Gasteiger partial charge in [0.2, 0.25) is 0 Å². The highest BCUT2D eigenvalue weighted by atomic mass is 16.1. The van der Waals surface area contributed by atoms with Gasteiger partial charge in [0.15, 0.2) is 5.78 Å². The van der Waals surface area contributed by atoms with Gasteiger partial charge in [-0.15, -0.1) is 0 Å². The van der Waals surface area contributed by atoms with Crippen LogP contribution < -0.4 is 4.90 Å². The quantitative estimate of drug-likeness (QED) is 0.709. The Kier molecular flexibility index (Phi) is 5.14. The molecule has 0 amide bonds. The summed E-state index contributed by atoms with van der Waals surface area (Å²) in [5.41, 5.74) is 4.46. The Labute approximate surface area is 165 Å². The van der Waals surface area contributed by atoms with E-state index in [0.717, 1.165) is 60.4 Å². The van der Waals surface area contributed by atoms with Crippen LogP contribution in [-0.4, -0.2) is 48.4 Å². The number of H-pyrrole nitrogens is 1. The van der Waals surface area contributed by atoms with Crippen molar-refractivity contribution in [2.24, 2.45) is 0 Å². The summed E-state index contributed by atoms with van der Waals surface area (Å²) in [5.74, 6) is 0.167. The number of nitriles is 1. The molecule has 5 heteroatoms. The van der Waals surface area contributed by atoms with E-state index in [9.17, 15) is 10.1 Å². The molecule has 0 unspecified atom stereocenters. The first-order chi connectivity index (χ1) is 13.7. The largest absolute Gasteiger partial charge is 0.369 e. The van der Waals surface area contributed by atoms with Gasteiger partial charge in [-0.25, -0.2) is 0 Å². The second-order valence-corrected chi connectivity index (χ2v) is 7.34. The van der Waals surface area contributed by atoms with Crippen molar-refractivity contribution in [2.75, 3.05) is 37.6 Å². The molecule has 5 nitrogen and oxygen atoms in total. The molecule has 1 fully saturated rings. The number of rotatable bonds is 4. The minimum Gasteiger partial charge on any atom is -0.369 e. The first kappa shape index (κ1) is 18.3. The number of carbonyl (C=O) groups is 1. The van der Waals surface area contributed by atoms with Gasteiger partial charge in [0.05, 0.1) is 17.8 Å². The number of Topliss-reactive ketones (excluding diaryl/α,β-unsaturated/α-hetero) is 1. The number of nitrogens with one attached hydrogen (secondary N) is 1. The normalized spacial score (nSPS) is 15.4. The van der Waals surface area contributed by atoms with Crippen molar-refractivity contribution in [3.63, 3.8) is 0 Å². The van der Waals surface area contributed by atoms with Gasteiger partial charge in [-0.1, -0.05) is 30.3 Å². The van der Waals surface area contributed by atoms with Gasteiger partial charge in [-0.05, 0) is 31.5 Å². The number of carbonyl (C=O) groups excluding carboxylic acids is 1. The summed E-state index contributed by atoms with van der Waals surface area (Å²) >= 11 is 0.